The maximum Gasteiger partial charge on any atom is 0.408 e. The van der Waals surface area contributed by atoms with Crippen LogP contribution in [0.3, 0.4) is 0 Å². The quantitative estimate of drug-likeness (QED) is 0.540. The van der Waals surface area contributed by atoms with E-state index in [2.05, 4.69) is 10.1 Å². The van der Waals surface area contributed by atoms with Crippen molar-refractivity contribution in [3.8, 4) is 0 Å². The Balaban J connectivity index is 2.54. The third kappa shape index (κ3) is 7.62. The number of benzene rings is 1. The standard InChI is InChI=1S/C16H24NO6P/c1-4-23-24(3,20)11-10-14(15(18)21-2)17-16(19)22-12-13-8-6-5-7-9-13/h5-9,14H,4,10-12H2,1-3H3,(H,17,19). The summed E-state index contributed by atoms with van der Waals surface area (Å²) in [5.41, 5.74) is 0.830. The van der Waals surface area contributed by atoms with E-state index in [9.17, 15) is 14.2 Å². The Kier molecular flexibility index (Phi) is 8.50. The average molecular weight is 357 g/mol. The molecule has 0 radical (unpaired) electrons. The van der Waals surface area contributed by atoms with Crippen LogP contribution in [0.1, 0.15) is 18.9 Å². The summed E-state index contributed by atoms with van der Waals surface area (Å²) < 4.78 is 27.0. The molecule has 24 heavy (non-hydrogen) atoms. The first-order valence-electron chi connectivity index (χ1n) is 7.64. The van der Waals surface area contributed by atoms with Crippen molar-refractivity contribution < 1.29 is 28.2 Å². The van der Waals surface area contributed by atoms with Gasteiger partial charge in [-0.3, -0.25) is 4.57 Å². The molecule has 0 spiro atoms. The number of carbonyl (C=O) groups is 2. The number of methoxy groups -OCH3 is 1. The van der Waals surface area contributed by atoms with Crippen molar-refractivity contribution >= 4 is 19.4 Å². The van der Waals surface area contributed by atoms with Gasteiger partial charge in [0.25, 0.3) is 0 Å². The van der Waals surface area contributed by atoms with Crippen molar-refractivity contribution in [1.82, 2.24) is 5.32 Å². The molecule has 2 unspecified atom stereocenters. The van der Waals surface area contributed by atoms with Crippen molar-refractivity contribution in [2.24, 2.45) is 0 Å². The molecule has 1 amide bonds. The first kappa shape index (κ1) is 20.2. The minimum atomic E-state index is -2.80. The topological polar surface area (TPSA) is 90.9 Å². The molecule has 1 rings (SSSR count). The molecule has 0 bridgehead atoms. The van der Waals surface area contributed by atoms with Gasteiger partial charge in [0.2, 0.25) is 0 Å². The molecular formula is C16H24NO6P. The minimum absolute atomic E-state index is 0.0891. The summed E-state index contributed by atoms with van der Waals surface area (Å²) in [5.74, 6) is -0.622. The molecule has 0 aliphatic rings. The second-order valence-corrected chi connectivity index (χ2v) is 7.96. The van der Waals surface area contributed by atoms with E-state index in [-0.39, 0.29) is 19.2 Å². The van der Waals surface area contributed by atoms with Gasteiger partial charge < -0.3 is 19.3 Å². The van der Waals surface area contributed by atoms with Crippen LogP contribution in [0, 0.1) is 0 Å². The smallest absolute Gasteiger partial charge is 0.408 e. The Morgan fingerprint density at radius 3 is 2.50 bits per heavy atom. The molecule has 0 aromatic heterocycles. The normalized spacial score (nSPS) is 14.3. The van der Waals surface area contributed by atoms with Crippen molar-refractivity contribution in [2.75, 3.05) is 26.5 Å². The Hall–Kier alpha value is -1.85. The SMILES string of the molecule is CCOP(C)(=O)CCC(NC(=O)OCc1ccccc1)C(=O)OC. The molecule has 1 aromatic carbocycles. The zero-order chi connectivity index (χ0) is 18.0. The molecule has 0 heterocycles. The zero-order valence-corrected chi connectivity index (χ0v) is 15.1. The number of carbonyl (C=O) groups excluding carboxylic acids is 2. The second-order valence-electron chi connectivity index (χ2n) is 5.23. The molecule has 0 aliphatic heterocycles. The third-order valence-electron chi connectivity index (χ3n) is 3.22. The van der Waals surface area contributed by atoms with E-state index in [0.29, 0.717) is 6.61 Å². The lowest BCUT2D eigenvalue weighted by atomic mass is 10.2. The highest BCUT2D eigenvalue weighted by Gasteiger charge is 2.26. The minimum Gasteiger partial charge on any atom is -0.467 e. The van der Waals surface area contributed by atoms with E-state index in [1.807, 2.05) is 30.3 Å². The molecular weight excluding hydrogens is 333 g/mol. The van der Waals surface area contributed by atoms with Crippen LogP contribution in [0.5, 0.6) is 0 Å². The maximum absolute atomic E-state index is 12.1. The molecule has 0 saturated carbocycles. The van der Waals surface area contributed by atoms with E-state index in [1.54, 1.807) is 6.92 Å². The molecule has 7 nitrogen and oxygen atoms in total. The maximum atomic E-state index is 12.1. The summed E-state index contributed by atoms with van der Waals surface area (Å²) in [6, 6.07) is 8.23. The second kappa shape index (κ2) is 10.1. The van der Waals surface area contributed by atoms with Gasteiger partial charge in [-0.2, -0.15) is 0 Å². The Bertz CT molecular complexity index is 577. The number of hydrogen-bond acceptors (Lipinski definition) is 6. The van der Waals surface area contributed by atoms with Gasteiger partial charge in [-0.1, -0.05) is 30.3 Å². The van der Waals surface area contributed by atoms with E-state index in [4.69, 9.17) is 9.26 Å². The molecule has 134 valence electrons. The highest BCUT2D eigenvalue weighted by atomic mass is 31.2. The van der Waals surface area contributed by atoms with E-state index < -0.39 is 25.5 Å². The highest BCUT2D eigenvalue weighted by molar-refractivity contribution is 7.58. The van der Waals surface area contributed by atoms with Crippen LogP contribution in [0.25, 0.3) is 0 Å². The van der Waals surface area contributed by atoms with Crippen molar-refractivity contribution in [2.45, 2.75) is 26.0 Å². The number of nitrogens with one attached hydrogen (secondary N) is 1. The van der Waals surface area contributed by atoms with Crippen molar-refractivity contribution in [3.05, 3.63) is 35.9 Å². The monoisotopic (exact) mass is 357 g/mol. The van der Waals surface area contributed by atoms with Gasteiger partial charge in [0.1, 0.15) is 12.6 Å². The molecule has 0 fully saturated rings. The van der Waals surface area contributed by atoms with E-state index in [0.717, 1.165) is 5.56 Å². The van der Waals surface area contributed by atoms with Crippen LogP contribution in [0.15, 0.2) is 30.3 Å². The summed E-state index contributed by atoms with van der Waals surface area (Å²) >= 11 is 0. The van der Waals surface area contributed by atoms with Gasteiger partial charge in [0.05, 0.1) is 13.7 Å². The van der Waals surface area contributed by atoms with Crippen LogP contribution < -0.4 is 5.32 Å². The number of alkyl carbamates (subject to hydrolysis) is 1. The lowest BCUT2D eigenvalue weighted by Crippen LogP contribution is -2.42. The summed E-state index contributed by atoms with van der Waals surface area (Å²) in [4.78, 5) is 23.6. The fourth-order valence-corrected chi connectivity index (χ4v) is 3.40. The summed E-state index contributed by atoms with van der Waals surface area (Å²) in [6.07, 6.45) is -0.447. The lowest BCUT2D eigenvalue weighted by Gasteiger charge is -2.19. The Labute approximate surface area is 142 Å². The fourth-order valence-electron chi connectivity index (χ4n) is 2.00. The molecule has 1 N–H and O–H groups in total. The van der Waals surface area contributed by atoms with Crippen LogP contribution in [0.2, 0.25) is 0 Å². The van der Waals surface area contributed by atoms with Crippen molar-refractivity contribution in [3.63, 3.8) is 0 Å². The summed E-state index contributed by atoms with van der Waals surface area (Å²) in [6.45, 7) is 3.65. The average Bonchev–Trinajstić information content (AvgIpc) is 2.57. The predicted octanol–water partition coefficient (Wildman–Crippen LogP) is 2.79. The van der Waals surface area contributed by atoms with Gasteiger partial charge >= 0.3 is 12.1 Å². The molecule has 2 atom stereocenters. The summed E-state index contributed by atoms with van der Waals surface area (Å²) in [7, 11) is -1.58. The molecule has 0 saturated heterocycles. The van der Waals surface area contributed by atoms with Gasteiger partial charge in [0, 0.05) is 12.8 Å². The number of ether oxygens (including phenoxy) is 2. The van der Waals surface area contributed by atoms with Gasteiger partial charge in [-0.05, 0) is 18.9 Å². The van der Waals surface area contributed by atoms with Gasteiger partial charge in [0.15, 0.2) is 7.37 Å². The Morgan fingerprint density at radius 1 is 1.25 bits per heavy atom. The third-order valence-corrected chi connectivity index (χ3v) is 5.09. The number of hydrogen-bond donors (Lipinski definition) is 1. The van der Waals surface area contributed by atoms with Gasteiger partial charge in [-0.25, -0.2) is 9.59 Å². The number of rotatable bonds is 9. The van der Waals surface area contributed by atoms with Gasteiger partial charge in [-0.15, -0.1) is 0 Å². The number of amides is 1. The van der Waals surface area contributed by atoms with Crippen LogP contribution in [-0.4, -0.2) is 44.6 Å². The van der Waals surface area contributed by atoms with Crippen molar-refractivity contribution in [1.29, 1.82) is 0 Å². The number of esters is 1. The molecule has 0 aliphatic carbocycles. The van der Waals surface area contributed by atoms with E-state index >= 15 is 0 Å². The van der Waals surface area contributed by atoms with Crippen LogP contribution in [-0.2, 0) is 30.0 Å². The summed E-state index contributed by atoms with van der Waals surface area (Å²) in [5, 5.41) is 2.44. The Morgan fingerprint density at radius 2 is 1.92 bits per heavy atom. The van der Waals surface area contributed by atoms with Crippen LogP contribution in [0.4, 0.5) is 4.79 Å². The first-order valence-corrected chi connectivity index (χ1v) is 9.89. The first-order chi connectivity index (χ1) is 11.4. The fraction of sp³-hybridized carbons (Fsp3) is 0.500. The van der Waals surface area contributed by atoms with E-state index in [1.165, 1.54) is 13.8 Å². The largest absolute Gasteiger partial charge is 0.467 e. The van der Waals surface area contributed by atoms with Crippen LogP contribution >= 0.6 is 7.37 Å². The lowest BCUT2D eigenvalue weighted by molar-refractivity contribution is -0.143. The highest BCUT2D eigenvalue weighted by Crippen LogP contribution is 2.43. The predicted molar refractivity (Wildman–Crippen MR) is 90.2 cm³/mol. The molecule has 1 aromatic rings. The molecule has 8 heteroatoms. The zero-order valence-electron chi connectivity index (χ0n) is 14.2.